The van der Waals surface area contributed by atoms with Crippen LogP contribution in [-0.4, -0.2) is 7.11 Å². The molecule has 2 aliphatic rings. The molecule has 0 N–H and O–H groups in total. The lowest BCUT2D eigenvalue weighted by atomic mass is 9.44. The molecule has 0 unspecified atom stereocenters. The van der Waals surface area contributed by atoms with Crippen molar-refractivity contribution in [1.29, 1.82) is 0 Å². The molecule has 0 amide bonds. The van der Waals surface area contributed by atoms with E-state index in [1.807, 2.05) is 19.1 Å². The van der Waals surface area contributed by atoms with Crippen LogP contribution < -0.4 is 10.4 Å². The summed E-state index contributed by atoms with van der Waals surface area (Å²) >= 11 is 0. The van der Waals surface area contributed by atoms with Crippen molar-refractivity contribution in [2.24, 2.45) is 23.2 Å². The maximum Gasteiger partial charge on any atom is 0.339 e. The van der Waals surface area contributed by atoms with E-state index in [1.165, 1.54) is 17.2 Å². The molecule has 26 heavy (non-hydrogen) atoms. The standard InChI is InChI=1S/C23H28O3/c1-14-11-15(2)22-18(17(4)23(22,5)13-14)9-7-8-10-19-16(3)20(25-6)12-21(24)26-19/h7-13,17-18,22H,1-6H3/b9-7+,10-8+/t17-,18-,22+,23-/m0/s1. The first kappa shape index (κ1) is 18.5. The minimum absolute atomic E-state index is 0.262. The number of fused-ring (bicyclic) bond motifs is 1. The number of rotatable bonds is 4. The van der Waals surface area contributed by atoms with Crippen molar-refractivity contribution in [2.45, 2.75) is 34.6 Å². The summed E-state index contributed by atoms with van der Waals surface area (Å²) < 4.78 is 10.5. The van der Waals surface area contributed by atoms with Gasteiger partial charge in [0.05, 0.1) is 13.2 Å². The third kappa shape index (κ3) is 3.00. The summed E-state index contributed by atoms with van der Waals surface area (Å²) in [7, 11) is 1.56. The summed E-state index contributed by atoms with van der Waals surface area (Å²) in [6.45, 7) is 11.0. The largest absolute Gasteiger partial charge is 0.496 e. The van der Waals surface area contributed by atoms with Gasteiger partial charge in [-0.3, -0.25) is 0 Å². The summed E-state index contributed by atoms with van der Waals surface area (Å²) in [6.07, 6.45) is 12.9. The van der Waals surface area contributed by atoms with Gasteiger partial charge in [-0.15, -0.1) is 0 Å². The Morgan fingerprint density at radius 1 is 1.23 bits per heavy atom. The molecule has 0 radical (unpaired) electrons. The molecule has 0 aliphatic heterocycles. The second kappa shape index (κ2) is 6.79. The Morgan fingerprint density at radius 2 is 1.96 bits per heavy atom. The molecule has 4 atom stereocenters. The molecule has 0 spiro atoms. The van der Waals surface area contributed by atoms with Gasteiger partial charge in [0.15, 0.2) is 0 Å². The van der Waals surface area contributed by atoms with Crippen LogP contribution in [0, 0.1) is 30.1 Å². The Kier molecular flexibility index (Phi) is 4.83. The first-order chi connectivity index (χ1) is 12.3. The predicted molar refractivity (Wildman–Crippen MR) is 106 cm³/mol. The Bertz CT molecular complexity index is 881. The van der Waals surface area contributed by atoms with Gasteiger partial charge in [0.2, 0.25) is 0 Å². The van der Waals surface area contributed by atoms with Crippen LogP contribution in [0.5, 0.6) is 5.75 Å². The monoisotopic (exact) mass is 352 g/mol. The van der Waals surface area contributed by atoms with Gasteiger partial charge in [-0.1, -0.05) is 55.4 Å². The van der Waals surface area contributed by atoms with E-state index in [4.69, 9.17) is 9.15 Å². The van der Waals surface area contributed by atoms with Crippen molar-refractivity contribution in [1.82, 2.24) is 0 Å². The van der Waals surface area contributed by atoms with E-state index in [-0.39, 0.29) is 5.41 Å². The lowest BCUT2D eigenvalue weighted by Gasteiger charge is -2.59. The molecular formula is C23H28O3. The minimum Gasteiger partial charge on any atom is -0.496 e. The van der Waals surface area contributed by atoms with Gasteiger partial charge in [-0.25, -0.2) is 4.79 Å². The molecule has 3 rings (SSSR count). The summed E-state index contributed by atoms with van der Waals surface area (Å²) in [5.41, 5.74) is 3.54. The molecule has 1 heterocycles. The van der Waals surface area contributed by atoms with Crippen LogP contribution in [0.4, 0.5) is 0 Å². The molecule has 0 bridgehead atoms. The Morgan fingerprint density at radius 3 is 2.65 bits per heavy atom. The minimum atomic E-state index is -0.399. The normalized spacial score (nSPS) is 30.8. The fraction of sp³-hybridized carbons (Fsp3) is 0.435. The second-order valence-electron chi connectivity index (χ2n) is 7.85. The van der Waals surface area contributed by atoms with Gasteiger partial charge in [-0.2, -0.15) is 0 Å². The molecule has 1 saturated carbocycles. The van der Waals surface area contributed by atoms with Crippen LogP contribution in [0.15, 0.2) is 56.8 Å². The molecule has 3 nitrogen and oxygen atoms in total. The molecule has 138 valence electrons. The summed E-state index contributed by atoms with van der Waals surface area (Å²) in [4.78, 5) is 11.6. The van der Waals surface area contributed by atoms with E-state index in [0.717, 1.165) is 5.56 Å². The Balaban J connectivity index is 1.77. The third-order valence-electron chi connectivity index (χ3n) is 6.21. The fourth-order valence-corrected chi connectivity index (χ4v) is 4.81. The highest BCUT2D eigenvalue weighted by molar-refractivity contribution is 5.52. The zero-order valence-corrected chi connectivity index (χ0v) is 16.5. The zero-order chi connectivity index (χ0) is 19.1. The zero-order valence-electron chi connectivity index (χ0n) is 16.5. The van der Waals surface area contributed by atoms with E-state index >= 15 is 0 Å². The fourth-order valence-electron chi connectivity index (χ4n) is 4.81. The molecule has 0 saturated heterocycles. The maximum absolute atomic E-state index is 11.6. The first-order valence-corrected chi connectivity index (χ1v) is 9.19. The third-order valence-corrected chi connectivity index (χ3v) is 6.21. The van der Waals surface area contributed by atoms with E-state index in [1.54, 1.807) is 7.11 Å². The highest BCUT2D eigenvalue weighted by Gasteiger charge is 2.55. The smallest absolute Gasteiger partial charge is 0.339 e. The van der Waals surface area contributed by atoms with Crippen LogP contribution >= 0.6 is 0 Å². The van der Waals surface area contributed by atoms with Crippen molar-refractivity contribution >= 4 is 6.08 Å². The Labute approximate surface area is 155 Å². The highest BCUT2D eigenvalue weighted by Crippen LogP contribution is 2.61. The molecular weight excluding hydrogens is 324 g/mol. The van der Waals surface area contributed by atoms with Crippen molar-refractivity contribution in [3.63, 3.8) is 0 Å². The van der Waals surface area contributed by atoms with Crippen LogP contribution in [0.25, 0.3) is 6.08 Å². The summed E-state index contributed by atoms with van der Waals surface area (Å²) in [5.74, 6) is 2.80. The number of allylic oxidation sites excluding steroid dienone is 7. The molecule has 1 fully saturated rings. The van der Waals surface area contributed by atoms with Gasteiger partial charge < -0.3 is 9.15 Å². The van der Waals surface area contributed by atoms with E-state index in [0.29, 0.717) is 29.3 Å². The van der Waals surface area contributed by atoms with Gasteiger partial charge in [0.25, 0.3) is 0 Å². The van der Waals surface area contributed by atoms with Crippen molar-refractivity contribution in [3.8, 4) is 5.75 Å². The number of hydrogen-bond donors (Lipinski definition) is 0. The SMILES string of the molecule is COc1cc(=O)oc(/C=C/C=C/[C@@H]2[C@H]3C(C)=CC(C)=C[C@@]3(C)[C@H]2C)c1C. The van der Waals surface area contributed by atoms with Gasteiger partial charge in [0.1, 0.15) is 11.5 Å². The van der Waals surface area contributed by atoms with Crippen LogP contribution in [-0.2, 0) is 0 Å². The molecule has 1 aromatic heterocycles. The van der Waals surface area contributed by atoms with Crippen molar-refractivity contribution in [3.05, 3.63) is 69.3 Å². The van der Waals surface area contributed by atoms with E-state index in [2.05, 4.69) is 52.0 Å². The van der Waals surface area contributed by atoms with Crippen LogP contribution in [0.2, 0.25) is 0 Å². The van der Waals surface area contributed by atoms with Crippen LogP contribution in [0.1, 0.15) is 39.0 Å². The van der Waals surface area contributed by atoms with Gasteiger partial charge in [-0.05, 0) is 50.0 Å². The number of methoxy groups -OCH3 is 1. The number of ether oxygens (including phenoxy) is 1. The lowest BCUT2D eigenvalue weighted by molar-refractivity contribution is -0.0116. The van der Waals surface area contributed by atoms with E-state index < -0.39 is 5.63 Å². The highest BCUT2D eigenvalue weighted by atomic mass is 16.5. The number of hydrogen-bond acceptors (Lipinski definition) is 3. The average molecular weight is 352 g/mol. The molecule has 2 aliphatic carbocycles. The quantitative estimate of drug-likeness (QED) is 0.688. The van der Waals surface area contributed by atoms with Crippen LogP contribution in [0.3, 0.4) is 0 Å². The van der Waals surface area contributed by atoms with Gasteiger partial charge in [0, 0.05) is 5.56 Å². The summed E-state index contributed by atoms with van der Waals surface area (Å²) in [6, 6.07) is 1.37. The maximum atomic E-state index is 11.6. The molecule has 0 aromatic carbocycles. The predicted octanol–water partition coefficient (Wildman–Crippen LogP) is 5.32. The molecule has 1 aromatic rings. The van der Waals surface area contributed by atoms with Crippen molar-refractivity contribution < 1.29 is 9.15 Å². The molecule has 3 heteroatoms. The topological polar surface area (TPSA) is 39.4 Å². The summed E-state index contributed by atoms with van der Waals surface area (Å²) in [5, 5.41) is 0. The lowest BCUT2D eigenvalue weighted by Crippen LogP contribution is -2.53. The average Bonchev–Trinajstić information content (AvgIpc) is 2.58. The Hall–Kier alpha value is -2.29. The first-order valence-electron chi connectivity index (χ1n) is 9.19. The van der Waals surface area contributed by atoms with Gasteiger partial charge >= 0.3 is 5.63 Å². The van der Waals surface area contributed by atoms with E-state index in [9.17, 15) is 4.79 Å². The van der Waals surface area contributed by atoms with Crippen molar-refractivity contribution in [2.75, 3.05) is 7.11 Å². The second-order valence-corrected chi connectivity index (χ2v) is 7.85.